The standard InChI is InChI=1S/C36H62O4/c1-3-5-7-9-11-12-13-14-15-16-17-18-19-20-21-22-23-24-25-26-28-30-32-39-34-35(33-37)40-36(38)31-29-27-10-8-6-4-2/h5,7,11-12,14-15,17-18,20-21,35,37H,3-4,6,8-10,13,16,19,22-34H2,1-2H3/b7-5-,12-11-,15-14-,18-17-,21-20-. The van der Waals surface area contributed by atoms with E-state index in [1.54, 1.807) is 0 Å². The molecule has 0 amide bonds. The first-order chi connectivity index (χ1) is 19.7. The van der Waals surface area contributed by atoms with Crippen molar-refractivity contribution in [1.29, 1.82) is 0 Å². The van der Waals surface area contributed by atoms with Crippen molar-refractivity contribution in [2.45, 2.75) is 142 Å². The molecule has 0 rings (SSSR count). The second-order valence-corrected chi connectivity index (χ2v) is 10.5. The maximum atomic E-state index is 11.9. The van der Waals surface area contributed by atoms with Crippen LogP contribution < -0.4 is 0 Å². The number of rotatable bonds is 29. The molecular weight excluding hydrogens is 496 g/mol. The number of unbranched alkanes of at least 4 members (excludes halogenated alkanes) is 11. The molecule has 0 saturated carbocycles. The number of ether oxygens (including phenoxy) is 2. The lowest BCUT2D eigenvalue weighted by Crippen LogP contribution is -2.27. The summed E-state index contributed by atoms with van der Waals surface area (Å²) in [6.45, 7) is 5.12. The van der Waals surface area contributed by atoms with Crippen LogP contribution in [0.2, 0.25) is 0 Å². The summed E-state index contributed by atoms with van der Waals surface area (Å²) < 4.78 is 11.0. The van der Waals surface area contributed by atoms with Crippen molar-refractivity contribution >= 4 is 5.97 Å². The fourth-order valence-electron chi connectivity index (χ4n) is 4.18. The van der Waals surface area contributed by atoms with Crippen molar-refractivity contribution in [3.8, 4) is 0 Å². The molecule has 0 aliphatic heterocycles. The van der Waals surface area contributed by atoms with Gasteiger partial charge in [0.05, 0.1) is 13.2 Å². The molecule has 0 aromatic carbocycles. The van der Waals surface area contributed by atoms with Crippen LogP contribution in [0, 0.1) is 0 Å². The Morgan fingerprint density at radius 1 is 0.625 bits per heavy atom. The fraction of sp³-hybridized carbons (Fsp3) is 0.694. The average molecular weight is 559 g/mol. The highest BCUT2D eigenvalue weighted by Crippen LogP contribution is 2.10. The first-order valence-corrected chi connectivity index (χ1v) is 16.4. The fourth-order valence-corrected chi connectivity index (χ4v) is 4.18. The van der Waals surface area contributed by atoms with Gasteiger partial charge in [0.25, 0.3) is 0 Å². The summed E-state index contributed by atoms with van der Waals surface area (Å²) in [7, 11) is 0. The largest absolute Gasteiger partial charge is 0.457 e. The van der Waals surface area contributed by atoms with Gasteiger partial charge in [-0.2, -0.15) is 0 Å². The van der Waals surface area contributed by atoms with Gasteiger partial charge in [0, 0.05) is 13.0 Å². The highest BCUT2D eigenvalue weighted by Gasteiger charge is 2.13. The Morgan fingerprint density at radius 2 is 1.12 bits per heavy atom. The van der Waals surface area contributed by atoms with Crippen molar-refractivity contribution in [3.05, 3.63) is 60.8 Å². The minimum absolute atomic E-state index is 0.180. The van der Waals surface area contributed by atoms with Crippen LogP contribution in [0.3, 0.4) is 0 Å². The van der Waals surface area contributed by atoms with Crippen LogP contribution >= 0.6 is 0 Å². The molecule has 230 valence electrons. The molecule has 0 heterocycles. The molecule has 0 bridgehead atoms. The van der Waals surface area contributed by atoms with E-state index in [1.165, 1.54) is 51.4 Å². The quantitative estimate of drug-likeness (QED) is 0.0564. The Bertz CT molecular complexity index is 674. The minimum Gasteiger partial charge on any atom is -0.457 e. The predicted molar refractivity (Wildman–Crippen MR) is 173 cm³/mol. The van der Waals surface area contributed by atoms with Crippen molar-refractivity contribution < 1.29 is 19.4 Å². The number of aliphatic hydroxyl groups excluding tert-OH is 1. The molecule has 0 aromatic rings. The average Bonchev–Trinajstić information content (AvgIpc) is 2.96. The summed E-state index contributed by atoms with van der Waals surface area (Å²) in [4.78, 5) is 11.9. The van der Waals surface area contributed by atoms with Gasteiger partial charge in [-0.25, -0.2) is 0 Å². The highest BCUT2D eigenvalue weighted by atomic mass is 16.6. The lowest BCUT2D eigenvalue weighted by Gasteiger charge is -2.15. The molecular formula is C36H62O4. The van der Waals surface area contributed by atoms with Gasteiger partial charge in [0.1, 0.15) is 6.10 Å². The van der Waals surface area contributed by atoms with E-state index < -0.39 is 6.10 Å². The topological polar surface area (TPSA) is 55.8 Å². The number of hydrogen-bond donors (Lipinski definition) is 1. The van der Waals surface area contributed by atoms with Gasteiger partial charge in [-0.15, -0.1) is 0 Å². The zero-order chi connectivity index (χ0) is 29.2. The molecule has 4 heteroatoms. The summed E-state index contributed by atoms with van der Waals surface area (Å²) >= 11 is 0. The molecule has 1 unspecified atom stereocenters. The monoisotopic (exact) mass is 558 g/mol. The lowest BCUT2D eigenvalue weighted by molar-refractivity contribution is -0.154. The van der Waals surface area contributed by atoms with Crippen molar-refractivity contribution in [2.75, 3.05) is 19.8 Å². The van der Waals surface area contributed by atoms with Gasteiger partial charge >= 0.3 is 5.97 Å². The summed E-state index contributed by atoms with van der Waals surface area (Å²) in [5, 5.41) is 9.46. The molecule has 1 atom stereocenters. The molecule has 0 aliphatic carbocycles. The lowest BCUT2D eigenvalue weighted by atomic mass is 10.1. The van der Waals surface area contributed by atoms with E-state index >= 15 is 0 Å². The van der Waals surface area contributed by atoms with Crippen LogP contribution in [0.5, 0.6) is 0 Å². The molecule has 0 aromatic heterocycles. The Kier molecular flexibility index (Phi) is 31.7. The van der Waals surface area contributed by atoms with Crippen LogP contribution in [0.15, 0.2) is 60.8 Å². The van der Waals surface area contributed by atoms with Crippen molar-refractivity contribution in [1.82, 2.24) is 0 Å². The number of carbonyl (C=O) groups excluding carboxylic acids is 1. The number of hydrogen-bond acceptors (Lipinski definition) is 4. The summed E-state index contributed by atoms with van der Waals surface area (Å²) in [5.74, 6) is -0.220. The van der Waals surface area contributed by atoms with Crippen LogP contribution in [0.4, 0.5) is 0 Å². The Hall–Kier alpha value is -1.91. The van der Waals surface area contributed by atoms with Crippen LogP contribution in [0.25, 0.3) is 0 Å². The van der Waals surface area contributed by atoms with Gasteiger partial charge in [0.2, 0.25) is 0 Å². The molecule has 4 nitrogen and oxygen atoms in total. The van der Waals surface area contributed by atoms with Gasteiger partial charge < -0.3 is 14.6 Å². The van der Waals surface area contributed by atoms with E-state index in [2.05, 4.69) is 74.6 Å². The molecule has 0 fully saturated rings. The first-order valence-electron chi connectivity index (χ1n) is 16.4. The third-order valence-corrected chi connectivity index (χ3v) is 6.61. The van der Waals surface area contributed by atoms with Crippen LogP contribution in [0.1, 0.15) is 136 Å². The Labute approximate surface area is 247 Å². The predicted octanol–water partition coefficient (Wildman–Crippen LogP) is 10.1. The number of carbonyl (C=O) groups is 1. The van der Waals surface area contributed by atoms with E-state index in [1.807, 2.05) is 0 Å². The minimum atomic E-state index is -0.538. The first kappa shape index (κ1) is 38.1. The highest BCUT2D eigenvalue weighted by molar-refractivity contribution is 5.69. The third kappa shape index (κ3) is 30.6. The van der Waals surface area contributed by atoms with Gasteiger partial charge in [0.15, 0.2) is 0 Å². The van der Waals surface area contributed by atoms with Gasteiger partial charge in [-0.3, -0.25) is 4.79 Å². The second kappa shape index (κ2) is 33.3. The maximum absolute atomic E-state index is 11.9. The summed E-state index contributed by atoms with van der Waals surface area (Å²) in [6.07, 6.45) is 42.7. The van der Waals surface area contributed by atoms with Gasteiger partial charge in [-0.05, 0) is 57.8 Å². The zero-order valence-corrected chi connectivity index (χ0v) is 26.1. The van der Waals surface area contributed by atoms with E-state index in [-0.39, 0.29) is 19.2 Å². The van der Waals surface area contributed by atoms with E-state index in [4.69, 9.17) is 9.47 Å². The SMILES string of the molecule is CC/C=C\C/C=C\C/C=C\C/C=C\C/C=C\CCCCCCCCOCC(CO)OC(=O)CCCCCCCC. The third-order valence-electron chi connectivity index (χ3n) is 6.61. The number of esters is 1. The zero-order valence-electron chi connectivity index (χ0n) is 26.1. The maximum Gasteiger partial charge on any atom is 0.306 e. The number of allylic oxidation sites excluding steroid dienone is 10. The summed E-state index contributed by atoms with van der Waals surface area (Å²) in [6, 6.07) is 0. The molecule has 0 aliphatic rings. The molecule has 1 N–H and O–H groups in total. The van der Waals surface area contributed by atoms with Crippen molar-refractivity contribution in [3.63, 3.8) is 0 Å². The molecule has 40 heavy (non-hydrogen) atoms. The van der Waals surface area contributed by atoms with Crippen LogP contribution in [-0.2, 0) is 14.3 Å². The second-order valence-electron chi connectivity index (χ2n) is 10.5. The molecule has 0 saturated heterocycles. The van der Waals surface area contributed by atoms with Gasteiger partial charge in [-0.1, -0.05) is 132 Å². The van der Waals surface area contributed by atoms with E-state index in [0.717, 1.165) is 64.2 Å². The van der Waals surface area contributed by atoms with E-state index in [0.29, 0.717) is 13.0 Å². The van der Waals surface area contributed by atoms with Crippen molar-refractivity contribution in [2.24, 2.45) is 0 Å². The normalized spacial score (nSPS) is 13.2. The Morgan fingerprint density at radius 3 is 1.70 bits per heavy atom. The van der Waals surface area contributed by atoms with E-state index in [9.17, 15) is 9.90 Å². The Balaban J connectivity index is 3.50. The smallest absolute Gasteiger partial charge is 0.306 e. The number of aliphatic hydroxyl groups is 1. The summed E-state index contributed by atoms with van der Waals surface area (Å²) in [5.41, 5.74) is 0. The molecule has 0 spiro atoms. The molecule has 0 radical (unpaired) electrons. The van der Waals surface area contributed by atoms with Crippen LogP contribution in [-0.4, -0.2) is 37.0 Å².